The molecular weight excluding hydrogens is 436 g/mol. The van der Waals surface area contributed by atoms with Gasteiger partial charge in [-0.15, -0.1) is 0 Å². The normalized spacial score (nSPS) is 14.3. The van der Waals surface area contributed by atoms with Gasteiger partial charge < -0.3 is 15.6 Å². The molecule has 2 heterocycles. The Hall–Kier alpha value is -3.46. The van der Waals surface area contributed by atoms with E-state index in [4.69, 9.17) is 11.6 Å². The van der Waals surface area contributed by atoms with Crippen LogP contribution in [0.2, 0.25) is 5.15 Å². The number of nitrogens with one attached hydrogen (secondary N) is 3. The summed E-state index contributed by atoms with van der Waals surface area (Å²) in [7, 11) is 0. The Balaban J connectivity index is 1.56. The first-order chi connectivity index (χ1) is 15.3. The quantitative estimate of drug-likeness (QED) is 0.298. The zero-order chi connectivity index (χ0) is 23.1. The lowest BCUT2D eigenvalue weighted by Crippen LogP contribution is -2.41. The average molecular weight is 459 g/mol. The molecule has 0 spiro atoms. The van der Waals surface area contributed by atoms with E-state index < -0.39 is 11.8 Å². The van der Waals surface area contributed by atoms with Gasteiger partial charge in [-0.05, 0) is 18.4 Å². The number of nitrogens with zero attached hydrogens (tertiary/aromatic N) is 1. The molecule has 1 saturated heterocycles. The van der Waals surface area contributed by atoms with Gasteiger partial charge in [0.1, 0.15) is 17.4 Å². The van der Waals surface area contributed by atoms with Gasteiger partial charge in [0.25, 0.3) is 5.91 Å². The topological polar surface area (TPSA) is 128 Å². The third kappa shape index (κ3) is 6.27. The van der Waals surface area contributed by atoms with E-state index in [9.17, 15) is 24.0 Å². The maximum Gasteiger partial charge on any atom is 0.267 e. The molecule has 1 unspecified atom stereocenters. The van der Waals surface area contributed by atoms with E-state index in [1.54, 1.807) is 0 Å². The fourth-order valence-corrected chi connectivity index (χ4v) is 3.63. The first-order valence-electron chi connectivity index (χ1n) is 10.2. The summed E-state index contributed by atoms with van der Waals surface area (Å²) in [5.74, 6) is -1.58. The van der Waals surface area contributed by atoms with Crippen LogP contribution in [0.1, 0.15) is 47.8 Å². The Morgan fingerprint density at radius 3 is 2.41 bits per heavy atom. The van der Waals surface area contributed by atoms with Crippen LogP contribution in [0.4, 0.5) is 0 Å². The van der Waals surface area contributed by atoms with E-state index in [2.05, 4.69) is 15.6 Å². The predicted octanol–water partition coefficient (Wildman–Crippen LogP) is 1.54. The average Bonchev–Trinajstić information content (AvgIpc) is 3.07. The molecule has 32 heavy (non-hydrogen) atoms. The molecule has 1 fully saturated rings. The number of halogens is 1. The van der Waals surface area contributed by atoms with Gasteiger partial charge in [-0.1, -0.05) is 41.9 Å². The zero-order valence-electron chi connectivity index (χ0n) is 17.2. The standard InChI is InChI=1S/C22H23ClN4O5/c23-18-12-15(28)11-17(25-18)22(32)24-10-4-7-16(14-5-2-1-3-6-14)26-19(29)13-27-20(30)8-9-21(27)31/h1-3,5-6,11-12,16H,4,7-10,13H2,(H,24,32)(H,25,28)(H,26,29). The number of H-pyrrole nitrogens is 1. The lowest BCUT2D eigenvalue weighted by molar-refractivity contribution is -0.142. The number of amides is 4. The summed E-state index contributed by atoms with van der Waals surface area (Å²) in [5, 5.41) is 5.65. The monoisotopic (exact) mass is 458 g/mol. The lowest BCUT2D eigenvalue weighted by Gasteiger charge is -2.21. The van der Waals surface area contributed by atoms with Crippen molar-refractivity contribution in [2.24, 2.45) is 0 Å². The van der Waals surface area contributed by atoms with Crippen molar-refractivity contribution in [3.05, 3.63) is 69.1 Å². The van der Waals surface area contributed by atoms with Crippen molar-refractivity contribution < 1.29 is 19.2 Å². The molecule has 1 aromatic carbocycles. The number of aromatic amines is 1. The van der Waals surface area contributed by atoms with E-state index in [0.29, 0.717) is 19.4 Å². The number of hydrogen-bond donors (Lipinski definition) is 3. The summed E-state index contributed by atoms with van der Waals surface area (Å²) in [5.41, 5.74) is 0.557. The molecule has 1 aromatic heterocycles. The Morgan fingerprint density at radius 1 is 1.06 bits per heavy atom. The Bertz CT molecular complexity index is 1050. The van der Waals surface area contributed by atoms with Crippen LogP contribution >= 0.6 is 11.6 Å². The maximum atomic E-state index is 12.5. The van der Waals surface area contributed by atoms with E-state index in [-0.39, 0.29) is 53.5 Å². The van der Waals surface area contributed by atoms with Crippen LogP contribution in [0.25, 0.3) is 0 Å². The van der Waals surface area contributed by atoms with E-state index in [1.165, 1.54) is 6.07 Å². The molecule has 2 aromatic rings. The summed E-state index contributed by atoms with van der Waals surface area (Å²) in [6.07, 6.45) is 1.29. The molecule has 0 radical (unpaired) electrons. The highest BCUT2D eigenvalue weighted by Crippen LogP contribution is 2.19. The number of likely N-dealkylation sites (tertiary alicyclic amines) is 1. The van der Waals surface area contributed by atoms with Crippen molar-refractivity contribution in [2.45, 2.75) is 31.7 Å². The molecule has 168 valence electrons. The second kappa shape index (κ2) is 10.7. The van der Waals surface area contributed by atoms with Crippen LogP contribution in [0.5, 0.6) is 0 Å². The molecule has 0 aliphatic carbocycles. The van der Waals surface area contributed by atoms with E-state index in [1.807, 2.05) is 30.3 Å². The Morgan fingerprint density at radius 2 is 1.75 bits per heavy atom. The molecule has 1 aliphatic rings. The third-order valence-electron chi connectivity index (χ3n) is 5.00. The molecule has 4 amide bonds. The molecular formula is C22H23ClN4O5. The number of rotatable bonds is 9. The highest BCUT2D eigenvalue weighted by Gasteiger charge is 2.31. The second-order valence-corrected chi connectivity index (χ2v) is 7.79. The smallest absolute Gasteiger partial charge is 0.267 e. The van der Waals surface area contributed by atoms with Gasteiger partial charge >= 0.3 is 0 Å². The number of aromatic nitrogens is 1. The van der Waals surface area contributed by atoms with Gasteiger partial charge in [-0.3, -0.25) is 28.9 Å². The molecule has 1 aliphatic heterocycles. The SMILES string of the molecule is O=C(CN1C(=O)CCC1=O)NC(CCCNC(=O)c1cc(=O)cc(Cl)[nH]1)c1ccccc1. The first-order valence-corrected chi connectivity index (χ1v) is 10.6. The summed E-state index contributed by atoms with van der Waals surface area (Å²) in [6, 6.07) is 11.3. The van der Waals surface area contributed by atoms with Crippen LogP contribution < -0.4 is 16.1 Å². The summed E-state index contributed by atoms with van der Waals surface area (Å²) < 4.78 is 0. The molecule has 3 N–H and O–H groups in total. The van der Waals surface area contributed by atoms with Crippen molar-refractivity contribution in [1.29, 1.82) is 0 Å². The van der Waals surface area contributed by atoms with Crippen LogP contribution in [0.3, 0.4) is 0 Å². The van der Waals surface area contributed by atoms with E-state index in [0.717, 1.165) is 16.5 Å². The Kier molecular flexibility index (Phi) is 7.77. The Labute approximate surface area is 189 Å². The van der Waals surface area contributed by atoms with Crippen molar-refractivity contribution in [2.75, 3.05) is 13.1 Å². The lowest BCUT2D eigenvalue weighted by atomic mass is 10.0. The number of pyridine rings is 1. The third-order valence-corrected chi connectivity index (χ3v) is 5.21. The van der Waals surface area contributed by atoms with Crippen LogP contribution in [-0.4, -0.2) is 46.6 Å². The molecule has 0 saturated carbocycles. The van der Waals surface area contributed by atoms with Crippen molar-refractivity contribution in [3.8, 4) is 0 Å². The van der Waals surface area contributed by atoms with Crippen LogP contribution in [-0.2, 0) is 14.4 Å². The zero-order valence-corrected chi connectivity index (χ0v) is 18.0. The van der Waals surface area contributed by atoms with Gasteiger partial charge in [-0.25, -0.2) is 0 Å². The summed E-state index contributed by atoms with van der Waals surface area (Å²) in [4.78, 5) is 63.3. The number of carbonyl (C=O) groups is 4. The summed E-state index contributed by atoms with van der Waals surface area (Å²) >= 11 is 5.77. The highest BCUT2D eigenvalue weighted by molar-refractivity contribution is 6.29. The van der Waals surface area contributed by atoms with Gasteiger partial charge in [-0.2, -0.15) is 0 Å². The summed E-state index contributed by atoms with van der Waals surface area (Å²) in [6.45, 7) is -0.00442. The predicted molar refractivity (Wildman–Crippen MR) is 117 cm³/mol. The number of imide groups is 1. The maximum absolute atomic E-state index is 12.5. The molecule has 3 rings (SSSR count). The van der Waals surface area contributed by atoms with Gasteiger partial charge in [0.15, 0.2) is 5.43 Å². The van der Waals surface area contributed by atoms with Gasteiger partial charge in [0, 0.05) is 31.5 Å². The number of benzene rings is 1. The fraction of sp³-hybridized carbons (Fsp3) is 0.318. The second-order valence-electron chi connectivity index (χ2n) is 7.38. The van der Waals surface area contributed by atoms with Crippen molar-refractivity contribution >= 4 is 35.2 Å². The van der Waals surface area contributed by atoms with Crippen molar-refractivity contribution in [3.63, 3.8) is 0 Å². The van der Waals surface area contributed by atoms with E-state index >= 15 is 0 Å². The van der Waals surface area contributed by atoms with Crippen molar-refractivity contribution in [1.82, 2.24) is 20.5 Å². The van der Waals surface area contributed by atoms with Gasteiger partial charge in [0.2, 0.25) is 17.7 Å². The molecule has 10 heteroatoms. The minimum atomic E-state index is -0.462. The fourth-order valence-electron chi connectivity index (χ4n) is 3.43. The largest absolute Gasteiger partial charge is 0.351 e. The van der Waals surface area contributed by atoms with Crippen LogP contribution in [0, 0.1) is 0 Å². The molecule has 1 atom stereocenters. The molecule has 0 bridgehead atoms. The minimum absolute atomic E-state index is 0.0651. The van der Waals surface area contributed by atoms with Crippen LogP contribution in [0.15, 0.2) is 47.3 Å². The first kappa shape index (κ1) is 23.2. The highest BCUT2D eigenvalue weighted by atomic mass is 35.5. The van der Waals surface area contributed by atoms with Gasteiger partial charge in [0.05, 0.1) is 6.04 Å². The number of hydrogen-bond acceptors (Lipinski definition) is 5. The molecule has 9 nitrogen and oxygen atoms in total. The number of carbonyl (C=O) groups excluding carboxylic acids is 4. The minimum Gasteiger partial charge on any atom is -0.351 e.